The summed E-state index contributed by atoms with van der Waals surface area (Å²) in [6.07, 6.45) is 0. The molecule has 0 bridgehead atoms. The van der Waals surface area contributed by atoms with Crippen LogP contribution in [0.1, 0.15) is 0 Å². The van der Waals surface area contributed by atoms with Crippen LogP contribution in [0.15, 0.2) is 62.8 Å². The van der Waals surface area contributed by atoms with Crippen molar-refractivity contribution in [2.24, 2.45) is 0 Å². The lowest BCUT2D eigenvalue weighted by molar-refractivity contribution is 0.462. The minimum Gasteiger partial charge on any atom is -0.507 e. The summed E-state index contributed by atoms with van der Waals surface area (Å²) in [6, 6.07) is 15.4. The van der Waals surface area contributed by atoms with Gasteiger partial charge in [-0.05, 0) is 30.3 Å². The molecule has 0 aliphatic heterocycles. The Morgan fingerprint density at radius 2 is 1.73 bits per heavy atom. The van der Waals surface area contributed by atoms with E-state index < -0.39 is 0 Å². The quantitative estimate of drug-likeness (QED) is 0.885. The van der Waals surface area contributed by atoms with Gasteiger partial charge in [0.1, 0.15) is 5.75 Å². The molecule has 0 amide bonds. The molecule has 3 heteroatoms. The minimum atomic E-state index is 0.312. The summed E-state index contributed by atoms with van der Waals surface area (Å²) in [5.74, 6) is 0.312. The highest BCUT2D eigenvalue weighted by Gasteiger charge is 2.03. The zero-order valence-electron chi connectivity index (χ0n) is 7.85. The van der Waals surface area contributed by atoms with Crippen LogP contribution in [0.3, 0.4) is 0 Å². The van der Waals surface area contributed by atoms with Crippen molar-refractivity contribution >= 4 is 27.7 Å². The van der Waals surface area contributed by atoms with Crippen molar-refractivity contribution in [3.05, 3.63) is 53.0 Å². The standard InChI is InChI=1S/C12H9BrOS/c13-9-6-7-11(14)12(8-9)15-10-4-2-1-3-5-10/h1-8,14H. The smallest absolute Gasteiger partial charge is 0.129 e. The van der Waals surface area contributed by atoms with Crippen LogP contribution in [-0.4, -0.2) is 5.11 Å². The summed E-state index contributed by atoms with van der Waals surface area (Å²) in [7, 11) is 0. The maximum Gasteiger partial charge on any atom is 0.129 e. The van der Waals surface area contributed by atoms with Gasteiger partial charge in [0.05, 0.1) is 4.90 Å². The molecule has 0 unspecified atom stereocenters. The summed E-state index contributed by atoms with van der Waals surface area (Å²) in [4.78, 5) is 1.97. The first kappa shape index (κ1) is 10.6. The average Bonchev–Trinajstić information content (AvgIpc) is 2.25. The molecule has 0 atom stereocenters. The van der Waals surface area contributed by atoms with Gasteiger partial charge in [-0.2, -0.15) is 0 Å². The maximum absolute atomic E-state index is 9.65. The van der Waals surface area contributed by atoms with E-state index in [-0.39, 0.29) is 0 Å². The predicted octanol–water partition coefficient (Wildman–Crippen LogP) is 4.31. The van der Waals surface area contributed by atoms with Gasteiger partial charge >= 0.3 is 0 Å². The van der Waals surface area contributed by atoms with Gasteiger partial charge in [0.2, 0.25) is 0 Å². The molecule has 2 aromatic carbocycles. The molecular weight excluding hydrogens is 272 g/mol. The molecule has 0 spiro atoms. The first-order valence-electron chi connectivity index (χ1n) is 4.47. The second-order valence-electron chi connectivity index (χ2n) is 3.03. The Morgan fingerprint density at radius 1 is 1.00 bits per heavy atom. The van der Waals surface area contributed by atoms with Gasteiger partial charge < -0.3 is 5.11 Å². The van der Waals surface area contributed by atoms with Crippen LogP contribution >= 0.6 is 27.7 Å². The monoisotopic (exact) mass is 280 g/mol. The van der Waals surface area contributed by atoms with Crippen LogP contribution in [-0.2, 0) is 0 Å². The molecule has 15 heavy (non-hydrogen) atoms. The zero-order chi connectivity index (χ0) is 10.7. The lowest BCUT2D eigenvalue weighted by Crippen LogP contribution is -1.75. The van der Waals surface area contributed by atoms with Crippen LogP contribution in [0.2, 0.25) is 0 Å². The fourth-order valence-corrected chi connectivity index (χ4v) is 2.60. The number of hydrogen-bond acceptors (Lipinski definition) is 2. The molecular formula is C12H9BrOS. The van der Waals surface area contributed by atoms with E-state index in [9.17, 15) is 5.11 Å². The Hall–Kier alpha value is -0.930. The Balaban J connectivity index is 2.28. The highest BCUT2D eigenvalue weighted by atomic mass is 79.9. The summed E-state index contributed by atoms with van der Waals surface area (Å²) in [6.45, 7) is 0. The van der Waals surface area contributed by atoms with Crippen LogP contribution < -0.4 is 0 Å². The molecule has 0 heterocycles. The van der Waals surface area contributed by atoms with Crippen LogP contribution in [0.25, 0.3) is 0 Å². The Labute approximate surface area is 101 Å². The van der Waals surface area contributed by atoms with Gasteiger partial charge in [0.25, 0.3) is 0 Å². The highest BCUT2D eigenvalue weighted by molar-refractivity contribution is 9.10. The van der Waals surface area contributed by atoms with Gasteiger partial charge in [-0.25, -0.2) is 0 Å². The van der Waals surface area contributed by atoms with E-state index in [0.29, 0.717) is 5.75 Å². The Kier molecular flexibility index (Phi) is 3.34. The minimum absolute atomic E-state index is 0.312. The third-order valence-corrected chi connectivity index (χ3v) is 3.44. The highest BCUT2D eigenvalue weighted by Crippen LogP contribution is 2.35. The number of hydrogen-bond donors (Lipinski definition) is 1. The van der Waals surface area contributed by atoms with Crippen molar-refractivity contribution in [1.29, 1.82) is 0 Å². The van der Waals surface area contributed by atoms with Crippen molar-refractivity contribution in [2.45, 2.75) is 9.79 Å². The fraction of sp³-hybridized carbons (Fsp3) is 0. The van der Waals surface area contributed by atoms with Crippen LogP contribution in [0, 0.1) is 0 Å². The molecule has 0 aromatic heterocycles. The van der Waals surface area contributed by atoms with Gasteiger partial charge in [-0.3, -0.25) is 0 Å². The fourth-order valence-electron chi connectivity index (χ4n) is 1.19. The molecule has 2 rings (SSSR count). The SMILES string of the molecule is Oc1ccc(Br)cc1Sc1ccccc1. The summed E-state index contributed by atoms with van der Waals surface area (Å²) >= 11 is 4.93. The van der Waals surface area contributed by atoms with Gasteiger partial charge in [0.15, 0.2) is 0 Å². The van der Waals surface area contributed by atoms with Crippen LogP contribution in [0.5, 0.6) is 5.75 Å². The predicted molar refractivity (Wildman–Crippen MR) is 66.4 cm³/mol. The molecule has 0 radical (unpaired) electrons. The van der Waals surface area contributed by atoms with Gasteiger partial charge in [-0.15, -0.1) is 0 Å². The third-order valence-electron chi connectivity index (χ3n) is 1.89. The summed E-state index contributed by atoms with van der Waals surface area (Å²) in [5.41, 5.74) is 0. The molecule has 0 aliphatic rings. The molecule has 0 saturated carbocycles. The molecule has 1 nitrogen and oxygen atoms in total. The zero-order valence-corrected chi connectivity index (χ0v) is 10.3. The number of phenols is 1. The molecule has 1 N–H and O–H groups in total. The van der Waals surface area contributed by atoms with Crippen LogP contribution in [0.4, 0.5) is 0 Å². The lowest BCUT2D eigenvalue weighted by atomic mass is 10.3. The number of benzene rings is 2. The molecule has 0 aliphatic carbocycles. The van der Waals surface area contributed by atoms with E-state index in [0.717, 1.165) is 14.3 Å². The second kappa shape index (κ2) is 4.73. The second-order valence-corrected chi connectivity index (χ2v) is 5.06. The summed E-state index contributed by atoms with van der Waals surface area (Å²) in [5, 5.41) is 9.65. The van der Waals surface area contributed by atoms with Crippen molar-refractivity contribution < 1.29 is 5.11 Å². The number of rotatable bonds is 2. The molecule has 76 valence electrons. The number of halogens is 1. The van der Waals surface area contributed by atoms with Crippen molar-refractivity contribution in [1.82, 2.24) is 0 Å². The largest absolute Gasteiger partial charge is 0.507 e. The number of aromatic hydroxyl groups is 1. The Bertz CT molecular complexity index is 456. The van der Waals surface area contributed by atoms with Crippen molar-refractivity contribution in [3.8, 4) is 5.75 Å². The molecule has 2 aromatic rings. The normalized spacial score (nSPS) is 10.2. The first-order valence-corrected chi connectivity index (χ1v) is 6.08. The van der Waals surface area contributed by atoms with Crippen molar-refractivity contribution in [2.75, 3.05) is 0 Å². The van der Waals surface area contributed by atoms with E-state index in [1.807, 2.05) is 42.5 Å². The van der Waals surface area contributed by atoms with E-state index in [1.165, 1.54) is 0 Å². The Morgan fingerprint density at radius 3 is 2.47 bits per heavy atom. The van der Waals surface area contributed by atoms with Gasteiger partial charge in [-0.1, -0.05) is 45.9 Å². The van der Waals surface area contributed by atoms with E-state index >= 15 is 0 Å². The first-order chi connectivity index (χ1) is 7.25. The van der Waals surface area contributed by atoms with E-state index in [1.54, 1.807) is 17.8 Å². The number of phenolic OH excluding ortho intramolecular Hbond substituents is 1. The van der Waals surface area contributed by atoms with Crippen molar-refractivity contribution in [3.63, 3.8) is 0 Å². The van der Waals surface area contributed by atoms with Gasteiger partial charge in [0, 0.05) is 9.37 Å². The molecule has 0 saturated heterocycles. The summed E-state index contributed by atoms with van der Waals surface area (Å²) < 4.78 is 0.971. The maximum atomic E-state index is 9.65. The topological polar surface area (TPSA) is 20.2 Å². The lowest BCUT2D eigenvalue weighted by Gasteiger charge is -2.04. The van der Waals surface area contributed by atoms with E-state index in [4.69, 9.17) is 0 Å². The third kappa shape index (κ3) is 2.76. The molecule has 0 fully saturated rings. The van der Waals surface area contributed by atoms with E-state index in [2.05, 4.69) is 15.9 Å². The average molecular weight is 281 g/mol.